The number of likely N-dealkylation sites (tertiary alicyclic amines) is 1. The second-order valence-electron chi connectivity index (χ2n) is 7.65. The van der Waals surface area contributed by atoms with E-state index in [2.05, 4.69) is 45.4 Å². The largest absolute Gasteiger partial charge is 0.371 e. The molecule has 1 N–H and O–H groups in total. The molecule has 0 aromatic heterocycles. The highest BCUT2D eigenvalue weighted by Crippen LogP contribution is 2.31. The van der Waals surface area contributed by atoms with Gasteiger partial charge in [0.1, 0.15) is 0 Å². The molecule has 0 unspecified atom stereocenters. The number of benzene rings is 1. The van der Waals surface area contributed by atoms with Crippen molar-refractivity contribution >= 4 is 11.6 Å². The Bertz CT molecular complexity index is 541. The lowest BCUT2D eigenvalue weighted by Gasteiger charge is -2.36. The predicted octanol–water partition coefficient (Wildman–Crippen LogP) is 2.65. The van der Waals surface area contributed by atoms with Crippen molar-refractivity contribution < 1.29 is 4.79 Å². The lowest BCUT2D eigenvalue weighted by Crippen LogP contribution is -2.48. The first-order valence-electron chi connectivity index (χ1n) is 9.64. The van der Waals surface area contributed by atoms with Gasteiger partial charge in [-0.05, 0) is 63.7 Å². The maximum absolute atomic E-state index is 12.6. The van der Waals surface area contributed by atoms with E-state index in [0.717, 1.165) is 57.9 Å². The van der Waals surface area contributed by atoms with Gasteiger partial charge in [-0.15, -0.1) is 0 Å². The first-order chi connectivity index (χ1) is 11.8. The van der Waals surface area contributed by atoms with Crippen LogP contribution in [0.1, 0.15) is 38.5 Å². The third kappa shape index (κ3) is 3.75. The zero-order valence-electron chi connectivity index (χ0n) is 14.5. The lowest BCUT2D eigenvalue weighted by molar-refractivity contribution is -0.127. The number of carbonyl (C=O) groups excluding carboxylic acids is 1. The van der Waals surface area contributed by atoms with Gasteiger partial charge < -0.3 is 15.1 Å². The Balaban J connectivity index is 1.21. The van der Waals surface area contributed by atoms with Crippen molar-refractivity contribution in [3.63, 3.8) is 0 Å². The molecular formula is C20H29N3O. The number of hydrogen-bond donors (Lipinski definition) is 1. The average Bonchev–Trinajstić information content (AvgIpc) is 3.48. The van der Waals surface area contributed by atoms with E-state index in [4.69, 9.17) is 0 Å². The Morgan fingerprint density at radius 3 is 2.17 bits per heavy atom. The van der Waals surface area contributed by atoms with Crippen molar-refractivity contribution in [3.05, 3.63) is 30.3 Å². The summed E-state index contributed by atoms with van der Waals surface area (Å²) in [7, 11) is 0. The molecule has 24 heavy (non-hydrogen) atoms. The number of nitrogens with zero attached hydrogens (tertiary/aromatic N) is 2. The molecule has 4 nitrogen and oxygen atoms in total. The van der Waals surface area contributed by atoms with Crippen LogP contribution in [-0.2, 0) is 4.79 Å². The van der Waals surface area contributed by atoms with Crippen LogP contribution in [0.3, 0.4) is 0 Å². The van der Waals surface area contributed by atoms with Crippen LogP contribution in [0.15, 0.2) is 30.3 Å². The zero-order valence-corrected chi connectivity index (χ0v) is 14.5. The maximum Gasteiger partial charge on any atom is 0.223 e. The summed E-state index contributed by atoms with van der Waals surface area (Å²) in [4.78, 5) is 17.6. The first-order valence-corrected chi connectivity index (χ1v) is 9.64. The van der Waals surface area contributed by atoms with Crippen LogP contribution >= 0.6 is 0 Å². The summed E-state index contributed by atoms with van der Waals surface area (Å²) < 4.78 is 0. The third-order valence-electron chi connectivity index (χ3n) is 5.93. The molecule has 3 fully saturated rings. The minimum Gasteiger partial charge on any atom is -0.371 e. The summed E-state index contributed by atoms with van der Waals surface area (Å²) in [5.41, 5.74) is 1.30. The highest BCUT2D eigenvalue weighted by molar-refractivity contribution is 5.79. The molecule has 0 radical (unpaired) electrons. The van der Waals surface area contributed by atoms with Crippen LogP contribution in [-0.4, -0.2) is 49.1 Å². The molecule has 4 heteroatoms. The molecule has 2 heterocycles. The van der Waals surface area contributed by atoms with Crippen molar-refractivity contribution in [2.45, 2.75) is 50.6 Å². The van der Waals surface area contributed by atoms with Crippen molar-refractivity contribution in [3.8, 4) is 0 Å². The molecule has 1 amide bonds. The fourth-order valence-corrected chi connectivity index (χ4v) is 4.21. The Hall–Kier alpha value is -1.55. The summed E-state index contributed by atoms with van der Waals surface area (Å²) in [6.07, 6.45) is 6.95. The fourth-order valence-electron chi connectivity index (χ4n) is 4.21. The summed E-state index contributed by atoms with van der Waals surface area (Å²) in [6.45, 7) is 4.31. The summed E-state index contributed by atoms with van der Waals surface area (Å²) in [5.74, 6) is 0.552. The van der Waals surface area contributed by atoms with Gasteiger partial charge in [0.05, 0.1) is 0 Å². The Kier molecular flexibility index (Phi) is 4.74. The highest BCUT2D eigenvalue weighted by atomic mass is 16.1. The lowest BCUT2D eigenvalue weighted by atomic mass is 9.94. The van der Waals surface area contributed by atoms with Crippen LogP contribution in [0.2, 0.25) is 0 Å². The molecule has 1 aromatic carbocycles. The smallest absolute Gasteiger partial charge is 0.223 e. The number of para-hydroxylation sites is 1. The fraction of sp³-hybridized carbons (Fsp3) is 0.650. The topological polar surface area (TPSA) is 35.6 Å². The van der Waals surface area contributed by atoms with Gasteiger partial charge >= 0.3 is 0 Å². The number of carbonyl (C=O) groups is 1. The van der Waals surface area contributed by atoms with E-state index in [1.165, 1.54) is 18.5 Å². The summed E-state index contributed by atoms with van der Waals surface area (Å²) in [5, 5.41) is 3.34. The Morgan fingerprint density at radius 1 is 0.875 bits per heavy atom. The molecule has 3 aliphatic rings. The van der Waals surface area contributed by atoms with E-state index in [9.17, 15) is 4.79 Å². The van der Waals surface area contributed by atoms with E-state index < -0.39 is 0 Å². The maximum atomic E-state index is 12.6. The van der Waals surface area contributed by atoms with Crippen LogP contribution in [0.4, 0.5) is 5.69 Å². The number of hydrogen-bond acceptors (Lipinski definition) is 3. The van der Waals surface area contributed by atoms with Gasteiger partial charge in [-0.1, -0.05) is 18.2 Å². The first kappa shape index (κ1) is 15.9. The SMILES string of the molecule is O=C(NC1CCN(c2ccccc2)CC1)C1CCN(C2CC2)CC1. The number of piperidine rings is 2. The van der Waals surface area contributed by atoms with E-state index in [0.29, 0.717) is 11.9 Å². The van der Waals surface area contributed by atoms with E-state index >= 15 is 0 Å². The standard InChI is InChI=1S/C20H29N3O/c24-20(16-8-12-22(13-9-16)19-6-7-19)21-17-10-14-23(15-11-17)18-4-2-1-3-5-18/h1-5,16-17,19H,6-15H2,(H,21,24). The number of anilines is 1. The van der Waals surface area contributed by atoms with Gasteiger partial charge in [0.25, 0.3) is 0 Å². The number of rotatable bonds is 4. The van der Waals surface area contributed by atoms with Crippen LogP contribution in [0.25, 0.3) is 0 Å². The number of nitrogens with one attached hydrogen (secondary N) is 1. The minimum atomic E-state index is 0.243. The molecule has 0 atom stereocenters. The van der Waals surface area contributed by atoms with Crippen LogP contribution in [0, 0.1) is 5.92 Å². The second-order valence-corrected chi connectivity index (χ2v) is 7.65. The Labute approximate surface area is 145 Å². The third-order valence-corrected chi connectivity index (χ3v) is 5.93. The Morgan fingerprint density at radius 2 is 1.54 bits per heavy atom. The van der Waals surface area contributed by atoms with Crippen LogP contribution in [0.5, 0.6) is 0 Å². The molecule has 4 rings (SSSR count). The number of amides is 1. The monoisotopic (exact) mass is 327 g/mol. The van der Waals surface area contributed by atoms with Gasteiger partial charge in [0.2, 0.25) is 5.91 Å². The van der Waals surface area contributed by atoms with Crippen molar-refractivity contribution in [1.29, 1.82) is 0 Å². The van der Waals surface area contributed by atoms with E-state index in [1.807, 2.05) is 0 Å². The minimum absolute atomic E-state index is 0.243. The molecular weight excluding hydrogens is 298 g/mol. The molecule has 0 bridgehead atoms. The molecule has 1 saturated carbocycles. The van der Waals surface area contributed by atoms with E-state index in [-0.39, 0.29) is 5.92 Å². The van der Waals surface area contributed by atoms with Crippen molar-refractivity contribution in [2.75, 3.05) is 31.1 Å². The van der Waals surface area contributed by atoms with E-state index in [1.54, 1.807) is 0 Å². The molecule has 2 saturated heterocycles. The molecule has 1 aliphatic carbocycles. The van der Waals surface area contributed by atoms with Gasteiger partial charge in [-0.3, -0.25) is 4.79 Å². The van der Waals surface area contributed by atoms with Gasteiger partial charge in [0, 0.05) is 36.8 Å². The normalized spacial score (nSPS) is 24.1. The highest BCUT2D eigenvalue weighted by Gasteiger charge is 2.34. The zero-order chi connectivity index (χ0) is 16.4. The molecule has 130 valence electrons. The molecule has 1 aromatic rings. The van der Waals surface area contributed by atoms with Crippen molar-refractivity contribution in [2.24, 2.45) is 5.92 Å². The van der Waals surface area contributed by atoms with Crippen LogP contribution < -0.4 is 10.2 Å². The predicted molar refractivity (Wildman–Crippen MR) is 97.1 cm³/mol. The summed E-state index contributed by atoms with van der Waals surface area (Å²) >= 11 is 0. The summed E-state index contributed by atoms with van der Waals surface area (Å²) in [6, 6.07) is 11.8. The van der Waals surface area contributed by atoms with Gasteiger partial charge in [-0.2, -0.15) is 0 Å². The van der Waals surface area contributed by atoms with Gasteiger partial charge in [0.15, 0.2) is 0 Å². The second kappa shape index (κ2) is 7.14. The molecule has 0 spiro atoms. The average molecular weight is 327 g/mol. The molecule has 2 aliphatic heterocycles. The van der Waals surface area contributed by atoms with Gasteiger partial charge in [-0.25, -0.2) is 0 Å². The van der Waals surface area contributed by atoms with Crippen molar-refractivity contribution in [1.82, 2.24) is 10.2 Å². The quantitative estimate of drug-likeness (QED) is 0.923.